The van der Waals surface area contributed by atoms with Gasteiger partial charge in [0.15, 0.2) is 11.5 Å². The molecule has 0 aliphatic carbocycles. The second-order valence-electron chi connectivity index (χ2n) is 2.93. The molecule has 1 aliphatic rings. The van der Waals surface area contributed by atoms with Gasteiger partial charge in [-0.2, -0.15) is 5.26 Å². The monoisotopic (exact) mass is 191 g/mol. The van der Waals surface area contributed by atoms with Gasteiger partial charge < -0.3 is 14.6 Å². The average molecular weight is 191 g/mol. The van der Waals surface area contributed by atoms with Crippen molar-refractivity contribution in [1.82, 2.24) is 0 Å². The first kappa shape index (κ1) is 8.70. The van der Waals surface area contributed by atoms with E-state index in [0.29, 0.717) is 30.3 Å². The predicted octanol–water partition coefficient (Wildman–Crippen LogP) is 1.23. The van der Waals surface area contributed by atoms with Gasteiger partial charge in [0.2, 0.25) is 5.75 Å². The van der Waals surface area contributed by atoms with Gasteiger partial charge in [-0.25, -0.2) is 0 Å². The molecule has 4 heteroatoms. The largest absolute Gasteiger partial charge is 0.504 e. The van der Waals surface area contributed by atoms with E-state index >= 15 is 0 Å². The van der Waals surface area contributed by atoms with E-state index in [1.54, 1.807) is 12.1 Å². The summed E-state index contributed by atoms with van der Waals surface area (Å²) in [6, 6.07) is 5.36. The van der Waals surface area contributed by atoms with Crippen LogP contribution in [0.3, 0.4) is 0 Å². The lowest BCUT2D eigenvalue weighted by Gasteiger charge is -2.19. The zero-order chi connectivity index (χ0) is 9.97. The van der Waals surface area contributed by atoms with Crippen molar-refractivity contribution in [1.29, 1.82) is 5.26 Å². The molecule has 1 N–H and O–H groups in total. The van der Waals surface area contributed by atoms with Crippen LogP contribution in [-0.2, 0) is 6.42 Å². The van der Waals surface area contributed by atoms with Gasteiger partial charge in [-0.05, 0) is 6.07 Å². The summed E-state index contributed by atoms with van der Waals surface area (Å²) < 4.78 is 10.5. The van der Waals surface area contributed by atoms with E-state index in [1.165, 1.54) is 0 Å². The van der Waals surface area contributed by atoms with Crippen LogP contribution in [0.5, 0.6) is 17.2 Å². The Bertz CT molecular complexity index is 395. The average Bonchev–Trinajstić information content (AvgIpc) is 2.23. The molecule has 2 rings (SSSR count). The summed E-state index contributed by atoms with van der Waals surface area (Å²) >= 11 is 0. The quantitative estimate of drug-likeness (QED) is 0.725. The smallest absolute Gasteiger partial charge is 0.203 e. The van der Waals surface area contributed by atoms with E-state index in [-0.39, 0.29) is 12.2 Å². The molecule has 0 amide bonds. The van der Waals surface area contributed by atoms with Crippen LogP contribution in [0.4, 0.5) is 0 Å². The van der Waals surface area contributed by atoms with Crippen molar-refractivity contribution < 1.29 is 14.6 Å². The van der Waals surface area contributed by atoms with Gasteiger partial charge >= 0.3 is 0 Å². The number of rotatable bonds is 1. The van der Waals surface area contributed by atoms with Crippen LogP contribution in [0.15, 0.2) is 12.1 Å². The summed E-state index contributed by atoms with van der Waals surface area (Å²) in [7, 11) is 0. The number of hydrogen-bond donors (Lipinski definition) is 1. The molecule has 1 aliphatic heterocycles. The number of phenolic OH excluding ortho intramolecular Hbond substituents is 1. The van der Waals surface area contributed by atoms with Crippen molar-refractivity contribution in [2.75, 3.05) is 13.2 Å². The normalized spacial score (nSPS) is 13.4. The van der Waals surface area contributed by atoms with Gasteiger partial charge in [-0.1, -0.05) is 6.07 Å². The molecule has 4 nitrogen and oxygen atoms in total. The summed E-state index contributed by atoms with van der Waals surface area (Å²) in [4.78, 5) is 0. The molecule has 0 atom stereocenters. The summed E-state index contributed by atoms with van der Waals surface area (Å²) in [5.41, 5.74) is 0.566. The SMILES string of the molecule is N#CCc1ccc2c(c1O)OCCO2. The van der Waals surface area contributed by atoms with Crippen molar-refractivity contribution in [3.63, 3.8) is 0 Å². The molecule has 0 bridgehead atoms. The Morgan fingerprint density at radius 3 is 2.93 bits per heavy atom. The number of phenols is 1. The highest BCUT2D eigenvalue weighted by molar-refractivity contribution is 5.56. The molecule has 0 saturated heterocycles. The highest BCUT2D eigenvalue weighted by Gasteiger charge is 2.18. The molecule has 0 saturated carbocycles. The summed E-state index contributed by atoms with van der Waals surface area (Å²) in [6.45, 7) is 0.917. The number of hydrogen-bond acceptors (Lipinski definition) is 4. The molecule has 0 fully saturated rings. The summed E-state index contributed by atoms with van der Waals surface area (Å²) in [6.07, 6.45) is 0.169. The number of nitrogens with zero attached hydrogens (tertiary/aromatic N) is 1. The van der Waals surface area contributed by atoms with Gasteiger partial charge in [0.1, 0.15) is 13.2 Å². The maximum absolute atomic E-state index is 9.71. The fourth-order valence-corrected chi connectivity index (χ4v) is 1.37. The van der Waals surface area contributed by atoms with E-state index < -0.39 is 0 Å². The highest BCUT2D eigenvalue weighted by atomic mass is 16.6. The van der Waals surface area contributed by atoms with Gasteiger partial charge in [-0.15, -0.1) is 0 Å². The first-order chi connectivity index (χ1) is 6.83. The van der Waals surface area contributed by atoms with E-state index in [2.05, 4.69) is 0 Å². The maximum atomic E-state index is 9.71. The molecule has 1 aromatic rings. The third-order valence-corrected chi connectivity index (χ3v) is 2.04. The molecule has 0 unspecified atom stereocenters. The molecular weight excluding hydrogens is 182 g/mol. The van der Waals surface area contributed by atoms with Gasteiger partial charge in [0.25, 0.3) is 0 Å². The van der Waals surface area contributed by atoms with Gasteiger partial charge in [0, 0.05) is 5.56 Å². The predicted molar refractivity (Wildman–Crippen MR) is 48.4 cm³/mol. The Hall–Kier alpha value is -1.89. The van der Waals surface area contributed by atoms with Gasteiger partial charge in [0.05, 0.1) is 12.5 Å². The third kappa shape index (κ3) is 1.33. The number of ether oxygens (including phenoxy) is 2. The van der Waals surface area contributed by atoms with Crippen molar-refractivity contribution >= 4 is 0 Å². The molecule has 0 radical (unpaired) electrons. The van der Waals surface area contributed by atoms with Crippen LogP contribution >= 0.6 is 0 Å². The fourth-order valence-electron chi connectivity index (χ4n) is 1.37. The number of aromatic hydroxyl groups is 1. The third-order valence-electron chi connectivity index (χ3n) is 2.04. The molecule has 0 aromatic heterocycles. The van der Waals surface area contributed by atoms with E-state index in [1.807, 2.05) is 6.07 Å². The maximum Gasteiger partial charge on any atom is 0.203 e. The van der Waals surface area contributed by atoms with Crippen LogP contribution in [-0.4, -0.2) is 18.3 Å². The zero-order valence-electron chi connectivity index (χ0n) is 7.49. The topological polar surface area (TPSA) is 62.5 Å². The number of fused-ring (bicyclic) bond motifs is 1. The fraction of sp³-hybridized carbons (Fsp3) is 0.300. The summed E-state index contributed by atoms with van der Waals surface area (Å²) in [5.74, 6) is 0.906. The Morgan fingerprint density at radius 1 is 1.36 bits per heavy atom. The Balaban J connectivity index is 2.44. The second kappa shape index (κ2) is 3.46. The van der Waals surface area contributed by atoms with Crippen molar-refractivity contribution in [3.8, 4) is 23.3 Å². The minimum Gasteiger partial charge on any atom is -0.504 e. The second-order valence-corrected chi connectivity index (χ2v) is 2.93. The molecule has 1 heterocycles. The van der Waals surface area contributed by atoms with Crippen LogP contribution in [0, 0.1) is 11.3 Å². The number of nitriles is 1. The Kier molecular flexibility index (Phi) is 2.15. The molecule has 0 spiro atoms. The van der Waals surface area contributed by atoms with E-state index in [4.69, 9.17) is 14.7 Å². The molecule has 14 heavy (non-hydrogen) atoms. The minimum absolute atomic E-state index is 0.0174. The lowest BCUT2D eigenvalue weighted by Crippen LogP contribution is -2.15. The van der Waals surface area contributed by atoms with Gasteiger partial charge in [-0.3, -0.25) is 0 Å². The van der Waals surface area contributed by atoms with Crippen LogP contribution in [0.25, 0.3) is 0 Å². The lowest BCUT2D eigenvalue weighted by atomic mass is 10.1. The van der Waals surface area contributed by atoms with Crippen molar-refractivity contribution in [3.05, 3.63) is 17.7 Å². The van der Waals surface area contributed by atoms with Crippen molar-refractivity contribution in [2.45, 2.75) is 6.42 Å². The first-order valence-corrected chi connectivity index (χ1v) is 4.30. The first-order valence-electron chi connectivity index (χ1n) is 4.30. The minimum atomic E-state index is 0.0174. The standard InChI is InChI=1S/C10H9NO3/c11-4-3-7-1-2-8-10(9(7)12)14-6-5-13-8/h1-2,12H,3,5-6H2. The zero-order valence-corrected chi connectivity index (χ0v) is 7.49. The Morgan fingerprint density at radius 2 is 2.14 bits per heavy atom. The molecule has 1 aromatic carbocycles. The van der Waals surface area contributed by atoms with E-state index in [9.17, 15) is 5.11 Å². The van der Waals surface area contributed by atoms with E-state index in [0.717, 1.165) is 0 Å². The Labute approximate surface area is 81.3 Å². The molecular formula is C10H9NO3. The number of benzene rings is 1. The van der Waals surface area contributed by atoms with Crippen molar-refractivity contribution in [2.24, 2.45) is 0 Å². The van der Waals surface area contributed by atoms with Crippen LogP contribution in [0.2, 0.25) is 0 Å². The highest BCUT2D eigenvalue weighted by Crippen LogP contribution is 2.40. The molecule has 72 valence electrons. The lowest BCUT2D eigenvalue weighted by molar-refractivity contribution is 0.165. The van der Waals surface area contributed by atoms with Crippen LogP contribution < -0.4 is 9.47 Å². The summed E-state index contributed by atoms with van der Waals surface area (Å²) in [5, 5.41) is 18.2. The van der Waals surface area contributed by atoms with Crippen LogP contribution in [0.1, 0.15) is 5.56 Å².